The Morgan fingerprint density at radius 1 is 1.44 bits per heavy atom. The molecule has 0 saturated heterocycles. The van der Waals surface area contributed by atoms with Crippen molar-refractivity contribution in [2.75, 3.05) is 0 Å². The number of tetrazole rings is 1. The molecule has 1 aliphatic carbocycles. The molecular weight excluding hydrogens is 248 g/mol. The maximum Gasteiger partial charge on any atom is 0.214 e. The van der Waals surface area contributed by atoms with Crippen molar-refractivity contribution < 1.29 is 4.79 Å². The van der Waals surface area contributed by atoms with Crippen molar-refractivity contribution in [3.63, 3.8) is 0 Å². The Kier molecular flexibility index (Phi) is 2.87. The number of carbonyl (C=O) groups excluding carboxylic acids is 1. The summed E-state index contributed by atoms with van der Waals surface area (Å²) in [4.78, 5) is 12.0. The van der Waals surface area contributed by atoms with Crippen molar-refractivity contribution in [1.82, 2.24) is 20.2 Å². The summed E-state index contributed by atoms with van der Waals surface area (Å²) in [6, 6.07) is 6.24. The summed E-state index contributed by atoms with van der Waals surface area (Å²) in [7, 11) is 0. The van der Waals surface area contributed by atoms with Crippen LogP contribution in [0.1, 0.15) is 34.8 Å². The molecule has 3 rings (SSSR count). The van der Waals surface area contributed by atoms with Gasteiger partial charge >= 0.3 is 0 Å². The quantitative estimate of drug-likeness (QED) is 0.789. The smallest absolute Gasteiger partial charge is 0.214 e. The molecule has 0 bridgehead atoms. The first-order valence-electron chi connectivity index (χ1n) is 5.79. The molecule has 2 aromatic rings. The van der Waals surface area contributed by atoms with Gasteiger partial charge in [0.05, 0.1) is 6.04 Å². The number of rotatable bonds is 4. The van der Waals surface area contributed by atoms with Crippen LogP contribution < -0.4 is 0 Å². The van der Waals surface area contributed by atoms with Crippen LogP contribution in [0.5, 0.6) is 0 Å². The van der Waals surface area contributed by atoms with E-state index in [-0.39, 0.29) is 0 Å². The summed E-state index contributed by atoms with van der Waals surface area (Å²) in [5.41, 5.74) is 1.76. The third kappa shape index (κ3) is 2.15. The number of aryl methyl sites for hydroxylation is 1. The molecule has 18 heavy (non-hydrogen) atoms. The molecule has 0 radical (unpaired) electrons. The van der Waals surface area contributed by atoms with Crippen molar-refractivity contribution in [3.05, 3.63) is 29.3 Å². The zero-order chi connectivity index (χ0) is 12.5. The van der Waals surface area contributed by atoms with Crippen LogP contribution in [0.25, 0.3) is 0 Å². The first-order valence-corrected chi connectivity index (χ1v) is 6.61. The van der Waals surface area contributed by atoms with E-state index in [0.717, 1.165) is 34.7 Å². The number of nitrogens with zero attached hydrogens (tertiary/aromatic N) is 4. The molecule has 1 aromatic heterocycles. The largest absolute Gasteiger partial charge is 0.298 e. The van der Waals surface area contributed by atoms with Crippen LogP contribution in [0.15, 0.2) is 28.3 Å². The van der Waals surface area contributed by atoms with Gasteiger partial charge in [0.1, 0.15) is 0 Å². The van der Waals surface area contributed by atoms with E-state index in [1.807, 2.05) is 29.8 Å². The van der Waals surface area contributed by atoms with Crippen molar-refractivity contribution in [1.29, 1.82) is 0 Å². The fraction of sp³-hybridized carbons (Fsp3) is 0.333. The van der Waals surface area contributed by atoms with Crippen molar-refractivity contribution in [2.45, 2.75) is 35.9 Å². The zero-order valence-electron chi connectivity index (χ0n) is 9.91. The molecule has 5 nitrogen and oxygen atoms in total. The first kappa shape index (κ1) is 11.4. The van der Waals surface area contributed by atoms with Gasteiger partial charge in [-0.15, -0.1) is 5.10 Å². The molecule has 0 N–H and O–H groups in total. The molecule has 6 heteroatoms. The second-order valence-electron chi connectivity index (χ2n) is 4.40. The Bertz CT molecular complexity index is 592. The minimum Gasteiger partial charge on any atom is -0.298 e. The van der Waals surface area contributed by atoms with Gasteiger partial charge in [0.25, 0.3) is 0 Å². The van der Waals surface area contributed by atoms with Gasteiger partial charge < -0.3 is 0 Å². The summed E-state index contributed by atoms with van der Waals surface area (Å²) in [6.45, 7) is 1.97. The summed E-state index contributed by atoms with van der Waals surface area (Å²) < 4.78 is 1.85. The van der Waals surface area contributed by atoms with Gasteiger partial charge in [0.2, 0.25) is 5.16 Å². The summed E-state index contributed by atoms with van der Waals surface area (Å²) >= 11 is 1.44. The molecule has 1 aromatic carbocycles. The molecule has 1 fully saturated rings. The molecule has 1 saturated carbocycles. The highest BCUT2D eigenvalue weighted by molar-refractivity contribution is 7.99. The van der Waals surface area contributed by atoms with Crippen LogP contribution in [-0.4, -0.2) is 26.5 Å². The standard InChI is InChI=1S/C12H12N4OS/c1-8-2-5-11(9(6-8)7-17)18-12-13-14-15-16(12)10-3-4-10/h2,5-7,10H,3-4H2,1H3. The highest BCUT2D eigenvalue weighted by Gasteiger charge is 2.28. The van der Waals surface area contributed by atoms with Gasteiger partial charge in [0, 0.05) is 10.5 Å². The molecule has 0 aliphatic heterocycles. The Morgan fingerprint density at radius 2 is 2.28 bits per heavy atom. The van der Waals surface area contributed by atoms with E-state index in [9.17, 15) is 4.79 Å². The molecule has 92 valence electrons. The SMILES string of the molecule is Cc1ccc(Sc2nnnn2C2CC2)c(C=O)c1. The number of benzene rings is 1. The lowest BCUT2D eigenvalue weighted by atomic mass is 10.2. The Labute approximate surface area is 109 Å². The van der Waals surface area contributed by atoms with Crippen molar-refractivity contribution >= 4 is 18.0 Å². The highest BCUT2D eigenvalue weighted by Crippen LogP contribution is 2.38. The Morgan fingerprint density at radius 3 is 3.00 bits per heavy atom. The highest BCUT2D eigenvalue weighted by atomic mass is 32.2. The lowest BCUT2D eigenvalue weighted by Crippen LogP contribution is -1.99. The molecule has 1 heterocycles. The zero-order valence-corrected chi connectivity index (χ0v) is 10.7. The second-order valence-corrected chi connectivity index (χ2v) is 5.41. The summed E-state index contributed by atoms with van der Waals surface area (Å²) in [5, 5.41) is 12.5. The number of hydrogen-bond donors (Lipinski definition) is 0. The van der Waals surface area contributed by atoms with Gasteiger partial charge in [-0.1, -0.05) is 11.6 Å². The minimum atomic E-state index is 0.438. The van der Waals surface area contributed by atoms with Crippen LogP contribution in [0, 0.1) is 6.92 Å². The molecule has 0 amide bonds. The Balaban J connectivity index is 1.91. The molecule has 0 unspecified atom stereocenters. The summed E-state index contributed by atoms with van der Waals surface area (Å²) in [5.74, 6) is 0. The maximum absolute atomic E-state index is 11.1. The monoisotopic (exact) mass is 260 g/mol. The predicted octanol–water partition coefficient (Wildman–Crippen LogP) is 2.28. The lowest BCUT2D eigenvalue weighted by molar-refractivity contribution is 0.112. The van der Waals surface area contributed by atoms with Gasteiger partial charge in [0.15, 0.2) is 6.29 Å². The van der Waals surface area contributed by atoms with E-state index in [4.69, 9.17) is 0 Å². The third-order valence-corrected chi connectivity index (χ3v) is 3.89. The van der Waals surface area contributed by atoms with Crippen molar-refractivity contribution in [3.8, 4) is 0 Å². The predicted molar refractivity (Wildman–Crippen MR) is 66.8 cm³/mol. The fourth-order valence-electron chi connectivity index (χ4n) is 1.75. The van der Waals surface area contributed by atoms with Gasteiger partial charge in [-0.3, -0.25) is 4.79 Å². The lowest BCUT2D eigenvalue weighted by Gasteiger charge is -2.05. The van der Waals surface area contributed by atoms with E-state index in [1.54, 1.807) is 0 Å². The number of aldehydes is 1. The number of aromatic nitrogens is 4. The average molecular weight is 260 g/mol. The molecule has 1 aliphatic rings. The maximum atomic E-state index is 11.1. The average Bonchev–Trinajstić information content (AvgIpc) is 3.12. The third-order valence-electron chi connectivity index (χ3n) is 2.85. The number of hydrogen-bond acceptors (Lipinski definition) is 5. The molecular formula is C12H12N4OS. The van der Waals surface area contributed by atoms with Crippen LogP contribution >= 0.6 is 11.8 Å². The van der Waals surface area contributed by atoms with Crippen LogP contribution in [0.2, 0.25) is 0 Å². The van der Waals surface area contributed by atoms with Gasteiger partial charge in [-0.25, -0.2) is 4.68 Å². The van der Waals surface area contributed by atoms with E-state index in [1.165, 1.54) is 11.8 Å². The molecule has 0 spiro atoms. The van der Waals surface area contributed by atoms with Gasteiger partial charge in [-0.2, -0.15) is 0 Å². The normalized spacial score (nSPS) is 14.7. The van der Waals surface area contributed by atoms with E-state index >= 15 is 0 Å². The first-order chi connectivity index (χ1) is 8.78. The fourth-order valence-corrected chi connectivity index (χ4v) is 2.67. The Hall–Kier alpha value is -1.69. The van der Waals surface area contributed by atoms with E-state index < -0.39 is 0 Å². The second kappa shape index (κ2) is 4.53. The summed E-state index contributed by atoms with van der Waals surface area (Å²) in [6.07, 6.45) is 3.14. The van der Waals surface area contributed by atoms with Crippen LogP contribution in [-0.2, 0) is 0 Å². The molecule has 0 atom stereocenters. The van der Waals surface area contributed by atoms with Crippen LogP contribution in [0.4, 0.5) is 0 Å². The minimum absolute atomic E-state index is 0.438. The topological polar surface area (TPSA) is 60.7 Å². The van der Waals surface area contributed by atoms with Gasteiger partial charge in [-0.05, 0) is 54.1 Å². The van der Waals surface area contributed by atoms with E-state index in [0.29, 0.717) is 11.6 Å². The van der Waals surface area contributed by atoms with Crippen molar-refractivity contribution in [2.24, 2.45) is 0 Å². The van der Waals surface area contributed by atoms with E-state index in [2.05, 4.69) is 15.5 Å². The van der Waals surface area contributed by atoms with Crippen LogP contribution in [0.3, 0.4) is 0 Å². The number of carbonyl (C=O) groups is 1.